The summed E-state index contributed by atoms with van der Waals surface area (Å²) in [5.41, 5.74) is 8.71. The summed E-state index contributed by atoms with van der Waals surface area (Å²) in [7, 11) is 0. The first kappa shape index (κ1) is 14.9. The molecule has 2 rings (SSSR count). The molecular formula is C17H27N3. The first-order valence-electron chi connectivity index (χ1n) is 7.64. The van der Waals surface area contributed by atoms with Gasteiger partial charge in [-0.15, -0.1) is 0 Å². The van der Waals surface area contributed by atoms with Crippen LogP contribution in [0.1, 0.15) is 45.2 Å². The van der Waals surface area contributed by atoms with E-state index >= 15 is 0 Å². The van der Waals surface area contributed by atoms with Crippen molar-refractivity contribution < 1.29 is 0 Å². The highest BCUT2D eigenvalue weighted by atomic mass is 15.4. The fourth-order valence-electron chi connectivity index (χ4n) is 2.88. The fourth-order valence-corrected chi connectivity index (χ4v) is 2.88. The first-order chi connectivity index (χ1) is 9.47. The lowest BCUT2D eigenvalue weighted by atomic mass is 9.89. The van der Waals surface area contributed by atoms with Crippen molar-refractivity contribution in [3.05, 3.63) is 35.4 Å². The zero-order valence-corrected chi connectivity index (χ0v) is 13.2. The predicted molar refractivity (Wildman–Crippen MR) is 85.8 cm³/mol. The second kappa shape index (κ2) is 5.86. The summed E-state index contributed by atoms with van der Waals surface area (Å²) in [5.74, 6) is 1.25. The van der Waals surface area contributed by atoms with Crippen LogP contribution in [-0.2, 0) is 12.0 Å². The Kier molecular flexibility index (Phi) is 4.36. The minimum Gasteiger partial charge on any atom is -0.370 e. The molecule has 0 fully saturated rings. The highest BCUT2D eigenvalue weighted by molar-refractivity contribution is 5.81. The van der Waals surface area contributed by atoms with Gasteiger partial charge in [-0.25, -0.2) is 0 Å². The summed E-state index contributed by atoms with van der Waals surface area (Å²) in [4.78, 5) is 6.74. The van der Waals surface area contributed by atoms with Crippen LogP contribution in [0.15, 0.2) is 29.3 Å². The van der Waals surface area contributed by atoms with Gasteiger partial charge in [0.05, 0.1) is 12.1 Å². The number of aryl methyl sites for hydroxylation is 1. The summed E-state index contributed by atoms with van der Waals surface area (Å²) >= 11 is 0. The van der Waals surface area contributed by atoms with E-state index in [9.17, 15) is 0 Å². The van der Waals surface area contributed by atoms with E-state index < -0.39 is 0 Å². The predicted octanol–water partition coefficient (Wildman–Crippen LogP) is 3.14. The maximum absolute atomic E-state index is 6.09. The molecule has 1 unspecified atom stereocenters. The van der Waals surface area contributed by atoms with Gasteiger partial charge in [0.25, 0.3) is 0 Å². The van der Waals surface area contributed by atoms with Gasteiger partial charge in [-0.2, -0.15) is 0 Å². The Labute approximate surface area is 122 Å². The van der Waals surface area contributed by atoms with Gasteiger partial charge in [0.15, 0.2) is 5.96 Å². The van der Waals surface area contributed by atoms with Crippen LogP contribution in [0, 0.1) is 5.92 Å². The van der Waals surface area contributed by atoms with E-state index in [-0.39, 0.29) is 5.54 Å². The summed E-state index contributed by atoms with van der Waals surface area (Å²) < 4.78 is 0. The Bertz CT molecular complexity index is 476. The van der Waals surface area contributed by atoms with E-state index in [1.165, 1.54) is 17.5 Å². The average molecular weight is 273 g/mol. The Morgan fingerprint density at radius 2 is 1.95 bits per heavy atom. The molecule has 0 aromatic heterocycles. The molecule has 0 radical (unpaired) electrons. The van der Waals surface area contributed by atoms with Crippen LogP contribution in [-0.4, -0.2) is 23.9 Å². The van der Waals surface area contributed by atoms with Gasteiger partial charge in [-0.05, 0) is 30.4 Å². The fraction of sp³-hybridized carbons (Fsp3) is 0.588. The molecule has 110 valence electrons. The number of rotatable bonds is 5. The standard InChI is InChI=1S/C17H27N3/c1-5-6-14-7-9-15(10-8-14)17(4)12-19-16(18)20(17)11-13(2)3/h7-10,13H,5-6,11-12H2,1-4H3,(H2,18,19). The number of nitrogens with two attached hydrogens (primary N) is 1. The number of benzene rings is 1. The molecule has 0 aliphatic carbocycles. The van der Waals surface area contributed by atoms with Crippen LogP contribution in [0.5, 0.6) is 0 Å². The molecule has 0 saturated carbocycles. The molecule has 3 heteroatoms. The van der Waals surface area contributed by atoms with E-state index in [1.807, 2.05) is 0 Å². The molecule has 0 bridgehead atoms. The van der Waals surface area contributed by atoms with Crippen molar-refractivity contribution in [1.29, 1.82) is 0 Å². The zero-order chi connectivity index (χ0) is 14.8. The van der Waals surface area contributed by atoms with Crippen LogP contribution < -0.4 is 5.73 Å². The number of aliphatic imine (C=N–C) groups is 1. The second-order valence-electron chi connectivity index (χ2n) is 6.40. The van der Waals surface area contributed by atoms with E-state index in [0.29, 0.717) is 11.9 Å². The summed E-state index contributed by atoms with van der Waals surface area (Å²) in [6.45, 7) is 10.6. The molecule has 1 aromatic carbocycles. The van der Waals surface area contributed by atoms with Crippen LogP contribution in [0.25, 0.3) is 0 Å². The summed E-state index contributed by atoms with van der Waals surface area (Å²) in [5, 5.41) is 0. The molecule has 1 aromatic rings. The van der Waals surface area contributed by atoms with E-state index in [4.69, 9.17) is 5.73 Å². The van der Waals surface area contributed by atoms with Crippen LogP contribution in [0.4, 0.5) is 0 Å². The molecule has 20 heavy (non-hydrogen) atoms. The quantitative estimate of drug-likeness (QED) is 0.895. The molecule has 3 nitrogen and oxygen atoms in total. The van der Waals surface area contributed by atoms with Gasteiger partial charge in [0, 0.05) is 6.54 Å². The molecular weight excluding hydrogens is 246 g/mol. The highest BCUT2D eigenvalue weighted by Crippen LogP contribution is 2.33. The molecule has 0 amide bonds. The molecule has 1 heterocycles. The van der Waals surface area contributed by atoms with Gasteiger partial charge in [0.1, 0.15) is 0 Å². The van der Waals surface area contributed by atoms with Crippen molar-refractivity contribution in [3.8, 4) is 0 Å². The van der Waals surface area contributed by atoms with Gasteiger partial charge in [-0.1, -0.05) is 51.5 Å². The monoisotopic (exact) mass is 273 g/mol. The van der Waals surface area contributed by atoms with E-state index in [1.54, 1.807) is 0 Å². The largest absolute Gasteiger partial charge is 0.370 e. The molecule has 1 atom stereocenters. The third-order valence-electron chi connectivity index (χ3n) is 4.08. The Morgan fingerprint density at radius 1 is 1.30 bits per heavy atom. The molecule has 0 saturated heterocycles. The smallest absolute Gasteiger partial charge is 0.192 e. The number of hydrogen-bond donors (Lipinski definition) is 1. The van der Waals surface area contributed by atoms with E-state index in [2.05, 4.69) is 61.9 Å². The van der Waals surface area contributed by atoms with Gasteiger partial charge < -0.3 is 10.6 Å². The maximum atomic E-state index is 6.09. The third-order valence-corrected chi connectivity index (χ3v) is 4.08. The Morgan fingerprint density at radius 3 is 2.50 bits per heavy atom. The zero-order valence-electron chi connectivity index (χ0n) is 13.2. The lowest BCUT2D eigenvalue weighted by molar-refractivity contribution is 0.204. The summed E-state index contributed by atoms with van der Waals surface area (Å²) in [6, 6.07) is 8.97. The van der Waals surface area contributed by atoms with Gasteiger partial charge in [0.2, 0.25) is 0 Å². The molecule has 1 aliphatic heterocycles. The number of nitrogens with zero attached hydrogens (tertiary/aromatic N) is 2. The normalized spacial score (nSPS) is 22.4. The first-order valence-corrected chi connectivity index (χ1v) is 7.64. The minimum atomic E-state index is -0.0981. The number of hydrogen-bond acceptors (Lipinski definition) is 3. The van der Waals surface area contributed by atoms with Crippen molar-refractivity contribution in [3.63, 3.8) is 0 Å². The van der Waals surface area contributed by atoms with Gasteiger partial charge in [-0.3, -0.25) is 4.99 Å². The van der Waals surface area contributed by atoms with Crippen LogP contribution in [0.3, 0.4) is 0 Å². The van der Waals surface area contributed by atoms with Crippen LogP contribution >= 0.6 is 0 Å². The lowest BCUT2D eigenvalue weighted by Crippen LogP contribution is -2.49. The molecule has 0 spiro atoms. The van der Waals surface area contributed by atoms with Crippen molar-refractivity contribution in [1.82, 2.24) is 4.90 Å². The average Bonchev–Trinajstić information content (AvgIpc) is 2.69. The second-order valence-corrected chi connectivity index (χ2v) is 6.40. The minimum absolute atomic E-state index is 0.0981. The van der Waals surface area contributed by atoms with Crippen molar-refractivity contribution in [2.24, 2.45) is 16.6 Å². The molecule has 2 N–H and O–H groups in total. The van der Waals surface area contributed by atoms with Crippen molar-refractivity contribution in [2.45, 2.75) is 46.1 Å². The topological polar surface area (TPSA) is 41.6 Å². The highest BCUT2D eigenvalue weighted by Gasteiger charge is 2.39. The van der Waals surface area contributed by atoms with Crippen molar-refractivity contribution in [2.75, 3.05) is 13.1 Å². The SMILES string of the molecule is CCCc1ccc(C2(C)CN=C(N)N2CC(C)C)cc1. The lowest BCUT2D eigenvalue weighted by Gasteiger charge is -2.38. The Balaban J connectivity index is 2.24. The third kappa shape index (κ3) is 2.82. The molecule has 1 aliphatic rings. The Hall–Kier alpha value is -1.51. The van der Waals surface area contributed by atoms with Crippen molar-refractivity contribution >= 4 is 5.96 Å². The summed E-state index contributed by atoms with van der Waals surface area (Å²) in [6.07, 6.45) is 2.33. The van der Waals surface area contributed by atoms with Crippen LogP contribution in [0.2, 0.25) is 0 Å². The maximum Gasteiger partial charge on any atom is 0.192 e. The number of guanidine groups is 1. The van der Waals surface area contributed by atoms with Gasteiger partial charge >= 0.3 is 0 Å². The van der Waals surface area contributed by atoms with E-state index in [0.717, 1.165) is 19.5 Å².